The number of carboxylic acids is 1. The molecule has 0 bridgehead atoms. The number of hydrogen-bond donors (Lipinski definition) is 2. The van der Waals surface area contributed by atoms with Gasteiger partial charge in [0.1, 0.15) is 5.75 Å². The van der Waals surface area contributed by atoms with Crippen molar-refractivity contribution >= 4 is 23.5 Å². The molecule has 0 aromatic heterocycles. The number of carbonyl (C=O) groups is 3. The quantitative estimate of drug-likeness (QED) is 0.571. The van der Waals surface area contributed by atoms with Crippen molar-refractivity contribution in [1.82, 2.24) is 5.32 Å². The summed E-state index contributed by atoms with van der Waals surface area (Å²) in [6, 6.07) is 22.1. The van der Waals surface area contributed by atoms with Crippen LogP contribution in [-0.4, -0.2) is 30.0 Å². The number of hydrogen-bond acceptors (Lipinski definition) is 5. The summed E-state index contributed by atoms with van der Waals surface area (Å²) in [5, 5.41) is 13.8. The molecule has 7 nitrogen and oxygen atoms in total. The monoisotopic (exact) mass is 456 g/mol. The lowest BCUT2D eigenvalue weighted by molar-refractivity contribution is -0.149. The van der Waals surface area contributed by atoms with E-state index < -0.39 is 41.2 Å². The van der Waals surface area contributed by atoms with Crippen molar-refractivity contribution in [2.75, 3.05) is 12.0 Å². The number of methoxy groups -OCH3 is 1. The third-order valence-electron chi connectivity index (χ3n) is 6.96. The highest BCUT2D eigenvalue weighted by atomic mass is 16.5. The zero-order valence-corrected chi connectivity index (χ0v) is 18.8. The molecule has 2 fully saturated rings. The summed E-state index contributed by atoms with van der Waals surface area (Å²) in [7, 11) is 1.52. The molecule has 0 spiro atoms. The van der Waals surface area contributed by atoms with Crippen LogP contribution in [0.2, 0.25) is 0 Å². The van der Waals surface area contributed by atoms with Gasteiger partial charge in [-0.2, -0.15) is 0 Å². The van der Waals surface area contributed by atoms with Gasteiger partial charge < -0.3 is 9.84 Å². The number of benzene rings is 3. The summed E-state index contributed by atoms with van der Waals surface area (Å²) in [6.07, 6.45) is 0. The van der Waals surface area contributed by atoms with Gasteiger partial charge in [-0.05, 0) is 30.2 Å². The first kappa shape index (κ1) is 21.9. The summed E-state index contributed by atoms with van der Waals surface area (Å²) < 4.78 is 5.54. The van der Waals surface area contributed by atoms with Crippen molar-refractivity contribution < 1.29 is 24.2 Å². The van der Waals surface area contributed by atoms with Crippen LogP contribution >= 0.6 is 0 Å². The van der Waals surface area contributed by atoms with E-state index in [-0.39, 0.29) is 0 Å². The van der Waals surface area contributed by atoms with Gasteiger partial charge in [0.25, 0.3) is 0 Å². The Morgan fingerprint density at radius 1 is 0.941 bits per heavy atom. The molecule has 2 N–H and O–H groups in total. The van der Waals surface area contributed by atoms with Gasteiger partial charge in [-0.25, -0.2) is 9.69 Å². The molecule has 4 atom stereocenters. The van der Waals surface area contributed by atoms with Gasteiger partial charge in [0.05, 0.1) is 24.6 Å². The van der Waals surface area contributed by atoms with E-state index in [1.165, 1.54) is 7.11 Å². The summed E-state index contributed by atoms with van der Waals surface area (Å²) >= 11 is 0. The Morgan fingerprint density at radius 3 is 2.26 bits per heavy atom. The highest BCUT2D eigenvalue weighted by Gasteiger charge is 2.69. The summed E-state index contributed by atoms with van der Waals surface area (Å²) in [5.41, 5.74) is 0.487. The van der Waals surface area contributed by atoms with Crippen molar-refractivity contribution in [1.29, 1.82) is 0 Å². The van der Waals surface area contributed by atoms with E-state index in [4.69, 9.17) is 4.74 Å². The van der Waals surface area contributed by atoms with Crippen LogP contribution in [0.5, 0.6) is 5.75 Å². The molecule has 0 aliphatic carbocycles. The lowest BCUT2D eigenvalue weighted by Gasteiger charge is -2.32. The van der Waals surface area contributed by atoms with Crippen LogP contribution < -0.4 is 15.0 Å². The van der Waals surface area contributed by atoms with E-state index in [0.29, 0.717) is 22.6 Å². The van der Waals surface area contributed by atoms with Gasteiger partial charge in [-0.3, -0.25) is 14.9 Å². The third kappa shape index (κ3) is 2.97. The second kappa shape index (κ2) is 8.11. The number of carboxylic acid groups (broad SMARTS) is 1. The smallest absolute Gasteiger partial charge is 0.329 e. The van der Waals surface area contributed by atoms with E-state index in [0.717, 1.165) is 10.5 Å². The van der Waals surface area contributed by atoms with Crippen LogP contribution in [0.3, 0.4) is 0 Å². The molecule has 2 saturated heterocycles. The molecule has 3 aromatic rings. The number of anilines is 1. The van der Waals surface area contributed by atoms with E-state index in [1.54, 1.807) is 66.7 Å². The molecule has 2 aliphatic rings. The topological polar surface area (TPSA) is 95.9 Å². The van der Waals surface area contributed by atoms with E-state index in [9.17, 15) is 19.5 Å². The van der Waals surface area contributed by atoms with Crippen LogP contribution in [0.25, 0.3) is 0 Å². The lowest BCUT2D eigenvalue weighted by atomic mass is 9.75. The second-order valence-electron chi connectivity index (χ2n) is 8.64. The van der Waals surface area contributed by atoms with Gasteiger partial charge in [-0.15, -0.1) is 0 Å². The third-order valence-corrected chi connectivity index (χ3v) is 6.96. The molecule has 2 amide bonds. The number of rotatable bonds is 5. The Kier molecular flexibility index (Phi) is 5.21. The highest BCUT2D eigenvalue weighted by molar-refractivity contribution is 6.24. The normalized spacial score (nSPS) is 25.9. The minimum absolute atomic E-state index is 0.419. The van der Waals surface area contributed by atoms with Crippen LogP contribution in [0, 0.1) is 18.8 Å². The number of ether oxygens (including phenoxy) is 1. The lowest BCUT2D eigenvalue weighted by Crippen LogP contribution is -2.53. The number of aliphatic carboxylic acids is 1. The number of para-hydroxylation sites is 2. The fraction of sp³-hybridized carbons (Fsp3) is 0.222. The Balaban J connectivity index is 1.75. The van der Waals surface area contributed by atoms with Gasteiger partial charge in [0, 0.05) is 11.6 Å². The molecule has 2 heterocycles. The molecule has 4 unspecified atom stereocenters. The Bertz CT molecular complexity index is 1290. The molecule has 7 heteroatoms. The molecule has 0 radical (unpaired) electrons. The van der Waals surface area contributed by atoms with Crippen molar-refractivity contribution in [2.45, 2.75) is 18.5 Å². The molecular formula is C27H24N2O5. The molecule has 5 rings (SSSR count). The Labute approximate surface area is 197 Å². The molecule has 3 aromatic carbocycles. The number of aryl methyl sites for hydroxylation is 1. The van der Waals surface area contributed by atoms with Gasteiger partial charge >= 0.3 is 5.97 Å². The summed E-state index contributed by atoms with van der Waals surface area (Å²) in [6.45, 7) is 1.82. The van der Waals surface area contributed by atoms with Crippen molar-refractivity contribution in [3.8, 4) is 5.75 Å². The number of nitrogens with one attached hydrogen (secondary N) is 1. The first-order valence-corrected chi connectivity index (χ1v) is 11.0. The first-order chi connectivity index (χ1) is 16.4. The maximum atomic E-state index is 13.9. The van der Waals surface area contributed by atoms with Crippen LogP contribution in [0.1, 0.15) is 22.7 Å². The largest absolute Gasteiger partial charge is 0.496 e. The molecule has 34 heavy (non-hydrogen) atoms. The number of fused-ring (bicyclic) bond motifs is 1. The van der Waals surface area contributed by atoms with Gasteiger partial charge in [-0.1, -0.05) is 66.7 Å². The minimum Gasteiger partial charge on any atom is -0.496 e. The molecule has 172 valence electrons. The van der Waals surface area contributed by atoms with Crippen molar-refractivity contribution in [3.05, 3.63) is 95.6 Å². The average molecular weight is 456 g/mol. The van der Waals surface area contributed by atoms with Crippen LogP contribution in [0.4, 0.5) is 5.69 Å². The number of amides is 2. The van der Waals surface area contributed by atoms with Crippen molar-refractivity contribution in [2.24, 2.45) is 11.8 Å². The Morgan fingerprint density at radius 2 is 1.59 bits per heavy atom. The molecular weight excluding hydrogens is 432 g/mol. The van der Waals surface area contributed by atoms with E-state index in [2.05, 4.69) is 5.32 Å². The predicted molar refractivity (Wildman–Crippen MR) is 125 cm³/mol. The predicted octanol–water partition coefficient (Wildman–Crippen LogP) is 3.43. The number of nitrogens with zero attached hydrogens (tertiary/aromatic N) is 1. The second-order valence-corrected chi connectivity index (χ2v) is 8.64. The van der Waals surface area contributed by atoms with Crippen LogP contribution in [0.15, 0.2) is 78.9 Å². The SMILES string of the molecule is COc1ccccc1C1NC(C(=O)O)(c2ccccc2)C2C(=O)N(c3ccccc3C)C(=O)C12. The van der Waals surface area contributed by atoms with Gasteiger partial charge in [0.15, 0.2) is 5.54 Å². The maximum Gasteiger partial charge on any atom is 0.329 e. The first-order valence-electron chi connectivity index (χ1n) is 11.0. The highest BCUT2D eigenvalue weighted by Crippen LogP contribution is 2.54. The number of imide groups is 1. The molecule has 2 aliphatic heterocycles. The summed E-state index contributed by atoms with van der Waals surface area (Å²) in [4.78, 5) is 42.0. The summed E-state index contributed by atoms with van der Waals surface area (Å²) in [5.74, 6) is -3.72. The fourth-order valence-corrected chi connectivity index (χ4v) is 5.44. The Hall–Kier alpha value is -3.97. The van der Waals surface area contributed by atoms with Gasteiger partial charge in [0.2, 0.25) is 11.8 Å². The standard InChI is InChI=1S/C27H24N2O5/c1-16-10-6-8-14-19(16)29-24(30)21-22(25(29)31)27(26(32)33,17-11-4-3-5-12-17)28-23(21)18-13-7-9-15-20(18)34-2/h3-15,21-23,28H,1-2H3,(H,32,33). The van der Waals surface area contributed by atoms with Crippen LogP contribution in [-0.2, 0) is 19.9 Å². The average Bonchev–Trinajstić information content (AvgIpc) is 3.34. The van der Waals surface area contributed by atoms with Crippen molar-refractivity contribution in [3.63, 3.8) is 0 Å². The van der Waals surface area contributed by atoms with E-state index in [1.807, 2.05) is 19.1 Å². The number of carbonyl (C=O) groups excluding carboxylic acids is 2. The zero-order valence-electron chi connectivity index (χ0n) is 18.8. The maximum absolute atomic E-state index is 13.9. The fourth-order valence-electron chi connectivity index (χ4n) is 5.44. The van der Waals surface area contributed by atoms with E-state index >= 15 is 0 Å². The zero-order chi connectivity index (χ0) is 24.0. The molecule has 0 saturated carbocycles. The minimum atomic E-state index is -1.79.